The van der Waals surface area contributed by atoms with E-state index in [1.807, 2.05) is 13.0 Å². The van der Waals surface area contributed by atoms with E-state index in [9.17, 15) is 14.7 Å². The van der Waals surface area contributed by atoms with Crippen LogP contribution >= 0.6 is 0 Å². The highest BCUT2D eigenvalue weighted by molar-refractivity contribution is 5.90. The van der Waals surface area contributed by atoms with Gasteiger partial charge in [0.15, 0.2) is 0 Å². The van der Waals surface area contributed by atoms with Crippen LogP contribution in [0, 0.1) is 51.2 Å². The number of aliphatic hydroxyl groups is 1. The number of ether oxygens (including phenoxy) is 3. The van der Waals surface area contributed by atoms with E-state index < -0.39 is 30.3 Å². The highest BCUT2D eigenvalue weighted by Gasteiger charge is 2.70. The minimum absolute atomic E-state index is 0.0549. The van der Waals surface area contributed by atoms with Crippen LogP contribution in [0.3, 0.4) is 0 Å². The Labute approximate surface area is 321 Å². The molecular weight excluding hydrogens is 661 g/mol. The van der Waals surface area contributed by atoms with Gasteiger partial charge in [0.1, 0.15) is 6.10 Å². The van der Waals surface area contributed by atoms with Crippen molar-refractivity contribution in [2.45, 2.75) is 153 Å². The van der Waals surface area contributed by atoms with Gasteiger partial charge in [-0.3, -0.25) is 4.79 Å². The second-order valence-electron chi connectivity index (χ2n) is 19.5. The first kappa shape index (κ1) is 41.3. The summed E-state index contributed by atoms with van der Waals surface area (Å²) in [5, 5.41) is 12.5. The molecule has 1 N–H and O–H groups in total. The number of aryl methyl sites for hydroxylation is 1. The van der Waals surface area contributed by atoms with Crippen molar-refractivity contribution >= 4 is 11.9 Å². The first-order chi connectivity index (χ1) is 24.7. The molecular formula is C47H70O6. The van der Waals surface area contributed by atoms with Crippen LogP contribution in [-0.2, 0) is 30.2 Å². The van der Waals surface area contributed by atoms with Crippen LogP contribution < -0.4 is 0 Å². The molecule has 53 heavy (non-hydrogen) atoms. The van der Waals surface area contributed by atoms with Gasteiger partial charge in [-0.15, -0.1) is 0 Å². The third kappa shape index (κ3) is 7.96. The standard InChI is InChI=1S/C47H70O6/c1-29(2)34(19-18-33-16-14-13-15-17-33)20-21-35(42(49)51-28-52-43(50)44(7,8)9)40-37-26-38(48)41-45(10)24-22-31(5)32(6)36(45)23-25-46(41,11)47(37,12)27-39(40)53-30(3)4/h13-17,31-32,36-39,41,48H,3,18-28H2,1-2,4-12H3/b40-35-/t31-,32+,36+,37+,38-,39?,41+,45+,46+,47+/m1/s1. The number of hydrogen-bond acceptors (Lipinski definition) is 6. The molecule has 0 spiro atoms. The second kappa shape index (κ2) is 15.7. The maximum Gasteiger partial charge on any atom is 0.336 e. The van der Waals surface area contributed by atoms with E-state index >= 15 is 0 Å². The SMILES string of the molecule is C=C(C)OC1C[C@@]2(C)[C@@H](C[C@@H](O)[C@H]3[C@@]4(C)CC[C@@H](C)[C@H](C)[C@@H]4CC[C@@]32C)/C1=C(\CCC(CCc1ccccc1)=C(C)C)C(=O)OCOC(=O)C(C)(C)C. The molecule has 4 saturated carbocycles. The number of carbonyl (C=O) groups is 2. The van der Waals surface area contributed by atoms with E-state index in [2.05, 4.69) is 79.3 Å². The van der Waals surface area contributed by atoms with Gasteiger partial charge in [0, 0.05) is 5.57 Å². The fourth-order valence-electron chi connectivity index (χ4n) is 11.8. The minimum atomic E-state index is -0.716. The van der Waals surface area contributed by atoms with Crippen molar-refractivity contribution in [2.24, 2.45) is 51.2 Å². The van der Waals surface area contributed by atoms with Crippen molar-refractivity contribution in [2.75, 3.05) is 6.79 Å². The van der Waals surface area contributed by atoms with E-state index in [4.69, 9.17) is 14.2 Å². The van der Waals surface area contributed by atoms with E-state index in [0.717, 1.165) is 44.1 Å². The maximum absolute atomic E-state index is 14.5. The summed E-state index contributed by atoms with van der Waals surface area (Å²) >= 11 is 0. The quantitative estimate of drug-likeness (QED) is 0.0802. The summed E-state index contributed by atoms with van der Waals surface area (Å²) in [5.41, 5.74) is 4.38. The number of esters is 2. The number of fused-ring (bicyclic) bond motifs is 5. The molecule has 4 fully saturated rings. The molecule has 0 radical (unpaired) electrons. The number of hydrogen-bond donors (Lipinski definition) is 1. The van der Waals surface area contributed by atoms with Crippen LogP contribution in [0.5, 0.6) is 0 Å². The smallest absolute Gasteiger partial charge is 0.336 e. The number of aliphatic hydroxyl groups excluding tert-OH is 1. The molecule has 0 amide bonds. The Bertz CT molecular complexity index is 1580. The lowest BCUT2D eigenvalue weighted by atomic mass is 9.36. The van der Waals surface area contributed by atoms with Gasteiger partial charge in [-0.05, 0) is 163 Å². The van der Waals surface area contributed by atoms with Crippen LogP contribution in [0.1, 0.15) is 140 Å². The van der Waals surface area contributed by atoms with E-state index in [-0.39, 0.29) is 34.2 Å². The number of benzene rings is 1. The molecule has 0 aliphatic heterocycles. The lowest BCUT2D eigenvalue weighted by Crippen LogP contribution is -2.65. The van der Waals surface area contributed by atoms with Crippen molar-refractivity contribution in [1.29, 1.82) is 0 Å². The first-order valence-electron chi connectivity index (χ1n) is 20.5. The van der Waals surface area contributed by atoms with E-state index in [0.29, 0.717) is 48.3 Å². The Hall–Kier alpha value is -2.86. The molecule has 1 unspecified atom stereocenters. The predicted molar refractivity (Wildman–Crippen MR) is 212 cm³/mol. The normalized spacial score (nSPS) is 36.0. The van der Waals surface area contributed by atoms with Crippen molar-refractivity contribution in [3.63, 3.8) is 0 Å². The first-order valence-corrected chi connectivity index (χ1v) is 20.5. The highest BCUT2D eigenvalue weighted by Crippen LogP contribution is 2.74. The van der Waals surface area contributed by atoms with Gasteiger partial charge in [-0.1, -0.05) is 82.7 Å². The summed E-state index contributed by atoms with van der Waals surface area (Å²) in [4.78, 5) is 27.1. The molecule has 5 rings (SSSR count). The Morgan fingerprint density at radius 2 is 1.60 bits per heavy atom. The highest BCUT2D eigenvalue weighted by atomic mass is 16.7. The van der Waals surface area contributed by atoms with Crippen LogP contribution in [0.2, 0.25) is 0 Å². The molecule has 0 saturated heterocycles. The maximum atomic E-state index is 14.5. The molecule has 0 bridgehead atoms. The zero-order valence-electron chi connectivity index (χ0n) is 34.9. The zero-order valence-corrected chi connectivity index (χ0v) is 34.9. The summed E-state index contributed by atoms with van der Waals surface area (Å²) < 4.78 is 17.9. The molecule has 4 aliphatic rings. The van der Waals surface area contributed by atoms with Gasteiger partial charge in [0.25, 0.3) is 0 Å². The molecule has 6 heteroatoms. The fraction of sp³-hybridized carbons (Fsp3) is 0.702. The Morgan fingerprint density at radius 1 is 0.925 bits per heavy atom. The van der Waals surface area contributed by atoms with Crippen LogP contribution in [0.4, 0.5) is 0 Å². The van der Waals surface area contributed by atoms with Crippen molar-refractivity contribution in [1.82, 2.24) is 0 Å². The molecule has 1 aromatic carbocycles. The van der Waals surface area contributed by atoms with Gasteiger partial charge in [0.2, 0.25) is 6.79 Å². The summed E-state index contributed by atoms with van der Waals surface area (Å²) in [7, 11) is 0. The van der Waals surface area contributed by atoms with Crippen LogP contribution in [-0.4, -0.2) is 36.0 Å². The Kier molecular flexibility index (Phi) is 12.2. The minimum Gasteiger partial charge on any atom is -0.491 e. The van der Waals surface area contributed by atoms with Gasteiger partial charge >= 0.3 is 11.9 Å². The third-order valence-corrected chi connectivity index (χ3v) is 15.0. The second-order valence-corrected chi connectivity index (χ2v) is 19.5. The molecule has 1 aromatic rings. The molecule has 10 atom stereocenters. The lowest BCUT2D eigenvalue weighted by molar-refractivity contribution is -0.229. The van der Waals surface area contributed by atoms with Gasteiger partial charge in [-0.25, -0.2) is 4.79 Å². The van der Waals surface area contributed by atoms with Gasteiger partial charge in [-0.2, -0.15) is 0 Å². The lowest BCUT2D eigenvalue weighted by Gasteiger charge is -2.69. The average molecular weight is 731 g/mol. The fourth-order valence-corrected chi connectivity index (χ4v) is 11.8. The summed E-state index contributed by atoms with van der Waals surface area (Å²) in [6.45, 7) is 27.5. The van der Waals surface area contributed by atoms with E-state index in [1.54, 1.807) is 20.8 Å². The Balaban J connectivity index is 1.55. The zero-order chi connectivity index (χ0) is 39.1. The van der Waals surface area contributed by atoms with Gasteiger partial charge < -0.3 is 19.3 Å². The van der Waals surface area contributed by atoms with Crippen molar-refractivity contribution < 1.29 is 28.9 Å². The van der Waals surface area contributed by atoms with Crippen LogP contribution in [0.25, 0.3) is 0 Å². The molecule has 294 valence electrons. The number of carbonyl (C=O) groups excluding carboxylic acids is 2. The van der Waals surface area contributed by atoms with E-state index in [1.165, 1.54) is 23.1 Å². The number of rotatable bonds is 11. The topological polar surface area (TPSA) is 82.1 Å². The number of allylic oxidation sites excluding steroid dienone is 3. The summed E-state index contributed by atoms with van der Waals surface area (Å²) in [6, 6.07) is 10.5. The van der Waals surface area contributed by atoms with Gasteiger partial charge in [0.05, 0.1) is 17.3 Å². The Morgan fingerprint density at radius 3 is 2.23 bits per heavy atom. The molecule has 4 aliphatic carbocycles. The van der Waals surface area contributed by atoms with Crippen molar-refractivity contribution in [3.8, 4) is 0 Å². The monoisotopic (exact) mass is 731 g/mol. The predicted octanol–water partition coefficient (Wildman–Crippen LogP) is 10.9. The largest absolute Gasteiger partial charge is 0.491 e. The molecule has 6 nitrogen and oxygen atoms in total. The summed E-state index contributed by atoms with van der Waals surface area (Å²) in [5.74, 6) is 1.75. The molecule has 0 aromatic heterocycles. The third-order valence-electron chi connectivity index (χ3n) is 15.0. The molecule has 0 heterocycles. The van der Waals surface area contributed by atoms with Crippen LogP contribution in [0.15, 0.2) is 65.0 Å². The average Bonchev–Trinajstić information content (AvgIpc) is 3.35. The van der Waals surface area contributed by atoms with Crippen molar-refractivity contribution in [3.05, 3.63) is 70.5 Å². The summed E-state index contributed by atoms with van der Waals surface area (Å²) in [6.07, 6.45) is 8.05.